The lowest BCUT2D eigenvalue weighted by molar-refractivity contribution is 0.0883. The smallest absolute Gasteiger partial charge is 0.0710 e. The first-order chi connectivity index (χ1) is 7.35. The zero-order valence-electron chi connectivity index (χ0n) is 9.48. The van der Waals surface area contributed by atoms with E-state index in [1.54, 1.807) is 7.11 Å². The summed E-state index contributed by atoms with van der Waals surface area (Å²) < 4.78 is 5.38. The minimum Gasteiger partial charge on any atom is -0.380 e. The molecule has 1 saturated carbocycles. The van der Waals surface area contributed by atoms with Gasteiger partial charge in [0.05, 0.1) is 18.1 Å². The molecule has 0 amide bonds. The molecular weight excluding hydrogens is 188 g/mol. The fraction of sp³-hybridized carbons (Fsp3) is 0.917. The van der Waals surface area contributed by atoms with Gasteiger partial charge in [0.2, 0.25) is 0 Å². The van der Waals surface area contributed by atoms with Crippen molar-refractivity contribution in [1.29, 1.82) is 5.26 Å². The zero-order valence-corrected chi connectivity index (χ0v) is 9.48. The van der Waals surface area contributed by atoms with E-state index in [9.17, 15) is 0 Å². The average Bonchev–Trinajstić information content (AvgIpc) is 2.77. The van der Waals surface area contributed by atoms with Crippen molar-refractivity contribution in [2.75, 3.05) is 20.2 Å². The summed E-state index contributed by atoms with van der Waals surface area (Å²) in [7, 11) is 1.79. The Morgan fingerprint density at radius 2 is 2.07 bits per heavy atom. The van der Waals surface area contributed by atoms with Gasteiger partial charge in [0.15, 0.2) is 0 Å². The molecule has 3 unspecified atom stereocenters. The van der Waals surface area contributed by atoms with Crippen molar-refractivity contribution in [1.82, 2.24) is 4.90 Å². The molecule has 2 aliphatic rings. The minimum atomic E-state index is 0.259. The Labute approximate surface area is 92.0 Å². The van der Waals surface area contributed by atoms with Gasteiger partial charge in [-0.3, -0.25) is 4.90 Å². The second-order valence-corrected chi connectivity index (χ2v) is 4.73. The Morgan fingerprint density at radius 1 is 1.27 bits per heavy atom. The van der Waals surface area contributed by atoms with Crippen molar-refractivity contribution >= 4 is 0 Å². The molecule has 1 heterocycles. The van der Waals surface area contributed by atoms with Crippen molar-refractivity contribution in [3.05, 3.63) is 0 Å². The van der Waals surface area contributed by atoms with Crippen molar-refractivity contribution in [3.8, 4) is 6.07 Å². The van der Waals surface area contributed by atoms with Gasteiger partial charge < -0.3 is 4.74 Å². The Morgan fingerprint density at radius 3 is 2.73 bits per heavy atom. The van der Waals surface area contributed by atoms with Crippen molar-refractivity contribution in [2.24, 2.45) is 5.92 Å². The third kappa shape index (κ3) is 2.32. The molecule has 1 saturated heterocycles. The maximum absolute atomic E-state index is 9.14. The number of ether oxygens (including phenoxy) is 1. The summed E-state index contributed by atoms with van der Waals surface area (Å²) in [4.78, 5) is 2.47. The van der Waals surface area contributed by atoms with E-state index >= 15 is 0 Å². The van der Waals surface area contributed by atoms with Gasteiger partial charge in [0, 0.05) is 26.2 Å². The number of nitriles is 1. The van der Waals surface area contributed by atoms with Crippen LogP contribution in [0, 0.1) is 17.2 Å². The van der Waals surface area contributed by atoms with Crippen LogP contribution in [0.2, 0.25) is 0 Å². The first kappa shape index (κ1) is 10.9. The van der Waals surface area contributed by atoms with Crippen molar-refractivity contribution in [2.45, 2.75) is 44.2 Å². The molecule has 0 radical (unpaired) electrons. The van der Waals surface area contributed by atoms with E-state index in [2.05, 4.69) is 11.0 Å². The molecule has 3 nitrogen and oxygen atoms in total. The molecule has 1 aliphatic heterocycles. The van der Waals surface area contributed by atoms with E-state index < -0.39 is 0 Å². The van der Waals surface area contributed by atoms with Crippen LogP contribution < -0.4 is 0 Å². The van der Waals surface area contributed by atoms with Crippen LogP contribution in [0.5, 0.6) is 0 Å². The molecule has 3 heteroatoms. The molecule has 1 aliphatic carbocycles. The van der Waals surface area contributed by atoms with Crippen LogP contribution in [0.25, 0.3) is 0 Å². The summed E-state index contributed by atoms with van der Waals surface area (Å²) in [6.07, 6.45) is 6.34. The van der Waals surface area contributed by atoms with Crippen LogP contribution in [-0.2, 0) is 4.74 Å². The van der Waals surface area contributed by atoms with E-state index in [0.717, 1.165) is 25.9 Å². The monoisotopic (exact) mass is 208 g/mol. The topological polar surface area (TPSA) is 36.3 Å². The van der Waals surface area contributed by atoms with Crippen LogP contribution in [0.3, 0.4) is 0 Å². The molecule has 0 spiro atoms. The number of likely N-dealkylation sites (tertiary alicyclic amines) is 1. The standard InChI is InChI=1S/C12H20N2O/c1-15-11-6-7-14(9-11)12-5-3-2-4-10(12)8-13/h10-12H,2-7,9H2,1H3. The first-order valence-electron chi connectivity index (χ1n) is 6.01. The molecule has 0 aromatic carbocycles. The Kier molecular flexibility index (Phi) is 3.61. The third-order valence-electron chi connectivity index (χ3n) is 3.87. The highest BCUT2D eigenvalue weighted by Gasteiger charge is 2.34. The Hall–Kier alpha value is -0.590. The van der Waals surface area contributed by atoms with Crippen molar-refractivity contribution in [3.63, 3.8) is 0 Å². The second kappa shape index (κ2) is 4.96. The summed E-state index contributed by atoms with van der Waals surface area (Å²) in [5.74, 6) is 0.259. The second-order valence-electron chi connectivity index (χ2n) is 4.73. The molecule has 15 heavy (non-hydrogen) atoms. The predicted molar refractivity (Wildman–Crippen MR) is 58.3 cm³/mol. The fourth-order valence-electron chi connectivity index (χ4n) is 2.95. The van der Waals surface area contributed by atoms with Crippen molar-refractivity contribution < 1.29 is 4.74 Å². The van der Waals surface area contributed by atoms with Gasteiger partial charge in [0.25, 0.3) is 0 Å². The average molecular weight is 208 g/mol. The van der Waals surface area contributed by atoms with Gasteiger partial charge in [-0.15, -0.1) is 0 Å². The molecule has 84 valence electrons. The Bertz CT molecular complexity index is 248. The predicted octanol–water partition coefficient (Wildman–Crippen LogP) is 1.79. The molecule has 2 fully saturated rings. The van der Waals surface area contributed by atoms with Crippen LogP contribution in [0.15, 0.2) is 0 Å². The summed E-state index contributed by atoms with van der Waals surface area (Å²) in [5, 5.41) is 9.14. The molecule has 0 N–H and O–H groups in total. The lowest BCUT2D eigenvalue weighted by Gasteiger charge is -2.34. The van der Waals surface area contributed by atoms with Gasteiger partial charge >= 0.3 is 0 Å². The molecule has 0 aromatic heterocycles. The van der Waals surface area contributed by atoms with Crippen LogP contribution in [0.4, 0.5) is 0 Å². The molecule has 3 atom stereocenters. The van der Waals surface area contributed by atoms with Gasteiger partial charge in [0.1, 0.15) is 0 Å². The molecular formula is C12H20N2O. The quantitative estimate of drug-likeness (QED) is 0.694. The number of hydrogen-bond acceptors (Lipinski definition) is 3. The summed E-state index contributed by atoms with van der Waals surface area (Å²) in [5.41, 5.74) is 0. The number of hydrogen-bond donors (Lipinski definition) is 0. The van der Waals surface area contributed by atoms with E-state index in [0.29, 0.717) is 12.1 Å². The highest BCUT2D eigenvalue weighted by atomic mass is 16.5. The lowest BCUT2D eigenvalue weighted by atomic mass is 9.84. The lowest BCUT2D eigenvalue weighted by Crippen LogP contribution is -2.41. The molecule has 0 aromatic rings. The number of methoxy groups -OCH3 is 1. The summed E-state index contributed by atoms with van der Waals surface area (Å²) in [6, 6.07) is 2.98. The van der Waals surface area contributed by atoms with Crippen LogP contribution >= 0.6 is 0 Å². The Balaban J connectivity index is 1.94. The normalized spacial score (nSPS) is 37.7. The maximum Gasteiger partial charge on any atom is 0.0710 e. The SMILES string of the molecule is COC1CCN(C2CCCCC2C#N)C1. The van der Waals surface area contributed by atoms with Gasteiger partial charge in [-0.05, 0) is 19.3 Å². The first-order valence-corrected chi connectivity index (χ1v) is 6.01. The molecule has 0 bridgehead atoms. The highest BCUT2D eigenvalue weighted by molar-refractivity contribution is 4.97. The maximum atomic E-state index is 9.14. The number of nitrogens with zero attached hydrogens (tertiary/aromatic N) is 2. The van der Waals surface area contributed by atoms with Gasteiger partial charge in [-0.2, -0.15) is 5.26 Å². The highest BCUT2D eigenvalue weighted by Crippen LogP contribution is 2.30. The van der Waals surface area contributed by atoms with E-state index in [-0.39, 0.29) is 5.92 Å². The van der Waals surface area contributed by atoms with Gasteiger partial charge in [-0.1, -0.05) is 12.8 Å². The largest absolute Gasteiger partial charge is 0.380 e. The zero-order chi connectivity index (χ0) is 10.7. The van der Waals surface area contributed by atoms with Crippen LogP contribution in [-0.4, -0.2) is 37.2 Å². The third-order valence-corrected chi connectivity index (χ3v) is 3.87. The minimum absolute atomic E-state index is 0.259. The summed E-state index contributed by atoms with van der Waals surface area (Å²) >= 11 is 0. The fourth-order valence-corrected chi connectivity index (χ4v) is 2.95. The van der Waals surface area contributed by atoms with Gasteiger partial charge in [-0.25, -0.2) is 0 Å². The van der Waals surface area contributed by atoms with E-state index in [4.69, 9.17) is 10.00 Å². The summed E-state index contributed by atoms with van der Waals surface area (Å²) in [6.45, 7) is 2.14. The van der Waals surface area contributed by atoms with E-state index in [1.807, 2.05) is 0 Å². The van der Waals surface area contributed by atoms with E-state index in [1.165, 1.54) is 19.3 Å². The van der Waals surface area contributed by atoms with Crippen LogP contribution in [0.1, 0.15) is 32.1 Å². The molecule has 2 rings (SSSR count). The number of rotatable bonds is 2.